The Morgan fingerprint density at radius 2 is 0.692 bits per heavy atom. The minimum absolute atomic E-state index is 0.00250. The number of aromatic nitrogens is 3. The van der Waals surface area contributed by atoms with Crippen molar-refractivity contribution in [3.63, 3.8) is 0 Å². The number of primary amides is 1. The van der Waals surface area contributed by atoms with E-state index in [1.165, 1.54) is 19.4 Å². The van der Waals surface area contributed by atoms with Crippen LogP contribution in [0.15, 0.2) is 73.3 Å². The number of unbranched alkanes of at least 4 members (excludes halogenated alkanes) is 3. The minimum atomic E-state index is -1.46. The monoisotopic (exact) mass is 1820 g/mol. The Labute approximate surface area is 766 Å². The fraction of sp³-hybridized carbons (Fsp3) is 0.656. The van der Waals surface area contributed by atoms with Crippen LogP contribution < -0.4 is 103 Å². The van der Waals surface area contributed by atoms with E-state index in [0.717, 1.165) is 10.9 Å². The van der Waals surface area contributed by atoms with E-state index in [1.807, 2.05) is 93.5 Å². The highest BCUT2D eigenvalue weighted by molar-refractivity contribution is 6.01. The molecule has 37 heteroatoms. The topological polar surface area (TPSA) is 599 Å². The molecule has 2 aromatic heterocycles. The molecule has 4 rings (SSSR count). The fourth-order valence-corrected chi connectivity index (χ4v) is 14.9. The first kappa shape index (κ1) is 111. The van der Waals surface area contributed by atoms with Crippen LogP contribution in [0.2, 0.25) is 0 Å². The van der Waals surface area contributed by atoms with Gasteiger partial charge in [-0.15, -0.1) is 0 Å². The predicted octanol–water partition coefficient (Wildman–Crippen LogP) is 2.51. The summed E-state index contributed by atoms with van der Waals surface area (Å²) in [4.78, 5) is 226. The molecule has 0 spiro atoms. The van der Waals surface area contributed by atoms with Gasteiger partial charge in [0, 0.05) is 48.3 Å². The highest BCUT2D eigenvalue weighted by Gasteiger charge is 2.41. The molecular weight excluding hydrogens is 1670 g/mol. The maximum Gasteiger partial charge on any atom is 0.243 e. The van der Waals surface area contributed by atoms with Crippen molar-refractivity contribution < 1.29 is 71.9 Å². The molecule has 2 aromatic carbocycles. The number of para-hydroxylation sites is 1. The lowest BCUT2D eigenvalue weighted by Gasteiger charge is -2.30. The quantitative estimate of drug-likeness (QED) is 0.0282. The lowest BCUT2D eigenvalue weighted by molar-refractivity contribution is -0.137. The zero-order valence-corrected chi connectivity index (χ0v) is 79.5. The zero-order valence-electron chi connectivity index (χ0n) is 79.5. The number of carbonyl (C=O) groups excluding carboxylic acids is 15. The third-order valence-corrected chi connectivity index (χ3v) is 22.5. The van der Waals surface area contributed by atoms with Crippen LogP contribution in [-0.2, 0) is 91.2 Å². The van der Waals surface area contributed by atoms with Gasteiger partial charge in [-0.1, -0.05) is 172 Å². The third-order valence-electron chi connectivity index (χ3n) is 22.5. The van der Waals surface area contributed by atoms with Gasteiger partial charge in [-0.25, -0.2) is 4.98 Å². The number of nitrogens with zero attached hydrogens (tertiary/aromatic N) is 1. The second-order valence-corrected chi connectivity index (χ2v) is 37.2. The summed E-state index contributed by atoms with van der Waals surface area (Å²) in [6.07, 6.45) is 8.53. The van der Waals surface area contributed by atoms with E-state index < -0.39 is 197 Å². The predicted molar refractivity (Wildman–Crippen MR) is 499 cm³/mol. The van der Waals surface area contributed by atoms with Crippen molar-refractivity contribution in [1.29, 1.82) is 0 Å². The first-order valence-corrected chi connectivity index (χ1v) is 46.4. The molecule has 0 fully saturated rings. The number of nitrogens with two attached hydrogens (primary N) is 5. The van der Waals surface area contributed by atoms with Gasteiger partial charge in [0.2, 0.25) is 88.6 Å². The van der Waals surface area contributed by atoms with Crippen LogP contribution in [0.25, 0.3) is 10.9 Å². The van der Waals surface area contributed by atoms with E-state index in [2.05, 4.69) is 89.4 Å². The van der Waals surface area contributed by atoms with Gasteiger partial charge < -0.3 is 113 Å². The molecule has 0 aliphatic carbocycles. The molecule has 4 aromatic rings. The van der Waals surface area contributed by atoms with Gasteiger partial charge in [-0.05, 0) is 175 Å². The smallest absolute Gasteiger partial charge is 0.243 e. The fourth-order valence-electron chi connectivity index (χ4n) is 14.9. The van der Waals surface area contributed by atoms with Crippen molar-refractivity contribution in [2.45, 2.75) is 324 Å². The van der Waals surface area contributed by atoms with Gasteiger partial charge >= 0.3 is 0 Å². The van der Waals surface area contributed by atoms with Gasteiger partial charge in [0.05, 0.1) is 12.4 Å². The number of aromatic amines is 2. The van der Waals surface area contributed by atoms with Crippen molar-refractivity contribution in [2.24, 2.45) is 76.0 Å². The van der Waals surface area contributed by atoms with Crippen molar-refractivity contribution in [2.75, 3.05) is 19.6 Å². The van der Waals surface area contributed by atoms with Crippen molar-refractivity contribution in [3.05, 3.63) is 90.1 Å². The molecule has 0 unspecified atom stereocenters. The van der Waals surface area contributed by atoms with Crippen LogP contribution in [0.3, 0.4) is 0 Å². The van der Waals surface area contributed by atoms with Gasteiger partial charge in [0.25, 0.3) is 0 Å². The average molecular weight is 1820 g/mol. The summed E-state index contributed by atoms with van der Waals surface area (Å²) in [7, 11) is 0. The lowest BCUT2D eigenvalue weighted by atomic mass is 9.96. The van der Waals surface area contributed by atoms with Crippen molar-refractivity contribution in [3.8, 4) is 0 Å². The normalized spacial score (nSPS) is 15.3. The number of rotatable bonds is 61. The molecule has 0 bridgehead atoms. The maximum atomic E-state index is 15.1. The van der Waals surface area contributed by atoms with Crippen LogP contribution in [0.5, 0.6) is 0 Å². The van der Waals surface area contributed by atoms with Crippen LogP contribution in [0, 0.1) is 47.3 Å². The Balaban J connectivity index is 1.59. The number of amides is 15. The summed E-state index contributed by atoms with van der Waals surface area (Å²) in [6.45, 7) is 30.9. The summed E-state index contributed by atoms with van der Waals surface area (Å²) < 4.78 is 0. The Morgan fingerprint density at radius 3 is 1.13 bits per heavy atom. The molecule has 0 saturated heterocycles. The lowest BCUT2D eigenvalue weighted by Crippen LogP contribution is -2.62. The SMILES string of the molecule is CC[C@H](C)[C@H](NC(=O)[C@H](Cc1cnc[nH]1)NC(=O)[C@H](CC(C)C)NC(=O)[C@H](Cc1ccccc1)NC(=O)[C@H](CC(C)C)NC(=O)[C@H](CCCCN)NC(=O)[C@H](Cc1c[nH]c2ccccc12)NC(=O)[C@@H](N)CCCCN)C(=O)N[C@@H](CC(C)C)C(=O)N[C@@H](C)C(=O)N[C@H](C(=O)N[C@@H](CC(C)C)C(=O)N[C@@H](CCCCN)C(=O)N[C@H](C(=O)N[C@@H](CC(C)C)C(N)=O)C(C)C)C(C)C. The molecule has 2 heterocycles. The Kier molecular flexibility index (Phi) is 49.1. The average Bonchev–Trinajstić information content (AvgIpc) is 1.65. The number of hydrogen-bond acceptors (Lipinski definition) is 20. The van der Waals surface area contributed by atoms with Crippen molar-refractivity contribution in [1.82, 2.24) is 89.4 Å². The number of H-pyrrole nitrogens is 2. The second kappa shape index (κ2) is 57.3. The molecule has 726 valence electrons. The highest BCUT2D eigenvalue weighted by Crippen LogP contribution is 2.22. The minimum Gasteiger partial charge on any atom is -0.368 e. The molecule has 16 atom stereocenters. The number of carbonyl (C=O) groups is 15. The molecular formula is C93H154N22O15. The Bertz CT molecular complexity index is 4250. The molecule has 37 nitrogen and oxygen atoms in total. The zero-order chi connectivity index (χ0) is 97.2. The summed E-state index contributed by atoms with van der Waals surface area (Å²) in [5, 5.41) is 39.9. The van der Waals surface area contributed by atoms with E-state index in [4.69, 9.17) is 28.7 Å². The molecule has 0 saturated carbocycles. The summed E-state index contributed by atoms with van der Waals surface area (Å²) in [6, 6.07) is -2.57. The number of nitrogens with one attached hydrogen (secondary N) is 16. The largest absolute Gasteiger partial charge is 0.368 e. The van der Waals surface area contributed by atoms with Crippen LogP contribution in [0.4, 0.5) is 0 Å². The van der Waals surface area contributed by atoms with Gasteiger partial charge in [0.1, 0.15) is 84.6 Å². The van der Waals surface area contributed by atoms with E-state index in [-0.39, 0.29) is 107 Å². The number of fused-ring (bicyclic) bond motifs is 1. The Hall–Kier alpha value is -10.9. The highest BCUT2D eigenvalue weighted by atomic mass is 16.2. The van der Waals surface area contributed by atoms with Gasteiger partial charge in [-0.3, -0.25) is 71.9 Å². The maximum absolute atomic E-state index is 15.1. The van der Waals surface area contributed by atoms with Crippen LogP contribution in [0.1, 0.15) is 231 Å². The number of hydrogen-bond donors (Lipinski definition) is 21. The van der Waals surface area contributed by atoms with Crippen molar-refractivity contribution >= 4 is 99.5 Å². The number of benzene rings is 2. The summed E-state index contributed by atoms with van der Waals surface area (Å²) in [5.74, 6) is -13.7. The third kappa shape index (κ3) is 39.0. The van der Waals surface area contributed by atoms with Gasteiger partial charge in [0.15, 0.2) is 0 Å². The van der Waals surface area contributed by atoms with E-state index >= 15 is 19.2 Å². The molecule has 26 N–H and O–H groups in total. The molecule has 15 amide bonds. The van der Waals surface area contributed by atoms with E-state index in [1.54, 1.807) is 78.1 Å². The summed E-state index contributed by atoms with van der Waals surface area (Å²) in [5.41, 5.74) is 32.0. The van der Waals surface area contributed by atoms with Crippen LogP contribution >= 0.6 is 0 Å². The van der Waals surface area contributed by atoms with Crippen LogP contribution in [-0.4, -0.2) is 214 Å². The molecule has 130 heavy (non-hydrogen) atoms. The first-order valence-electron chi connectivity index (χ1n) is 46.4. The van der Waals surface area contributed by atoms with E-state index in [0.29, 0.717) is 74.7 Å². The first-order chi connectivity index (χ1) is 61.4. The van der Waals surface area contributed by atoms with E-state index in [9.17, 15) is 52.7 Å². The summed E-state index contributed by atoms with van der Waals surface area (Å²) >= 11 is 0. The standard InChI is InChI=1S/C93H154N22O15/c1-18-58(16)78(93(130)112-69(41-52(4)5)84(121)102-59(17)80(117)113-76(56(12)13)92(129)111-72(44-55(10)11)85(122)104-67(36-26-29-39-96)83(120)114-77(57(14)15)91(128)105-68(79(98)116)40-51(2)3)115-90(127)75(47-62-49-99-50-101-62)110-87(124)71(43-54(8)9)108-88(125)73(45-60-30-20-19-21-31-60)109-86(123)70(42-53(6)7)107-82(119)66(35-25-28-38-95)103-89(126)74(106-81(118)64(97)33-24-27-37-94)46-61-48-100-65-34-23-22-32-63(61)65/h19-23,30-32,34,48-59,64,66-78,100H,18,24-29,33,35-47,94-97H2,1-17H3,(H2,98,116)(H,99,101)(H,102,121)(H,103,126)(H,104,122)(H,105,128)(H,106,118)(H,107,119)(H,108,125)(H,109,123)(H,110,124)(H,111,129)(H,112,130)(H,113,117)(H,114,120)(H,115,127)/t58-,59-,64-,66-,67-,68-,69-,70-,71-,72-,73-,74-,75-,76-,77-,78-/m0/s1. The molecule has 0 radical (unpaired) electrons. The second-order valence-electron chi connectivity index (χ2n) is 37.2. The molecule has 0 aliphatic rings. The molecule has 0 aliphatic heterocycles. The Morgan fingerprint density at radius 1 is 0.346 bits per heavy atom. The van der Waals surface area contributed by atoms with Gasteiger partial charge in [-0.2, -0.15) is 0 Å². The number of imidazole rings is 1.